The number of carbonyl (C=O) groups is 1. The van der Waals surface area contributed by atoms with Crippen LogP contribution in [0, 0.1) is 0 Å². The third kappa shape index (κ3) is 6.45. The molecule has 0 spiro atoms. The number of nitrogens with one attached hydrogen (secondary N) is 1. The highest BCUT2D eigenvalue weighted by Crippen LogP contribution is 2.64. The molecule has 23 heteroatoms. The molecule has 0 aliphatic carbocycles. The highest BCUT2D eigenvalue weighted by molar-refractivity contribution is 7.99. The molecule has 5 nitrogen and oxygen atoms in total. The van der Waals surface area contributed by atoms with Gasteiger partial charge in [-0.3, -0.25) is 4.79 Å². The number of halogens is 17. The maximum Gasteiger partial charge on any atom is 0.460 e. The Bertz CT molecular complexity index is 853. The second-order valence-corrected chi connectivity index (χ2v) is 9.29. The molecular weight excluding hydrogens is 637 g/mol. The number of alkyl halides is 17. The van der Waals surface area contributed by atoms with Crippen LogP contribution >= 0.6 is 11.8 Å². The summed E-state index contributed by atoms with van der Waals surface area (Å²) in [4.78, 5) is 11.6. The first-order chi connectivity index (χ1) is 17.5. The summed E-state index contributed by atoms with van der Waals surface area (Å²) in [5, 5.41) is 28.9. The molecule has 0 bridgehead atoms. The van der Waals surface area contributed by atoms with Gasteiger partial charge in [0.2, 0.25) is 5.91 Å². The van der Waals surface area contributed by atoms with Crippen molar-refractivity contribution in [1.82, 2.24) is 5.32 Å². The van der Waals surface area contributed by atoms with E-state index < -0.39 is 103 Å². The minimum absolute atomic E-state index is 0.0210. The molecule has 0 atom stereocenters. The first kappa shape index (κ1) is 38.5. The predicted octanol–water partition coefficient (Wildman–Crippen LogP) is 4.34. The molecule has 0 saturated carbocycles. The molecule has 0 aromatic heterocycles. The van der Waals surface area contributed by atoms with Gasteiger partial charge in [-0.2, -0.15) is 86.4 Å². The lowest BCUT2D eigenvalue weighted by Crippen LogP contribution is -2.74. The summed E-state index contributed by atoms with van der Waals surface area (Å²) in [6, 6.07) is 0. The van der Waals surface area contributed by atoms with Crippen molar-refractivity contribution in [2.24, 2.45) is 0 Å². The molecule has 40 heavy (non-hydrogen) atoms. The Hall–Kier alpha value is -1.49. The van der Waals surface area contributed by atoms with E-state index in [4.69, 9.17) is 15.3 Å². The van der Waals surface area contributed by atoms with Gasteiger partial charge < -0.3 is 20.6 Å². The Morgan fingerprint density at radius 2 is 0.900 bits per heavy atom. The second-order valence-electron chi connectivity index (χ2n) is 8.06. The molecule has 0 radical (unpaired) electrons. The summed E-state index contributed by atoms with van der Waals surface area (Å²) in [6.07, 6.45) is -11.2. The maximum absolute atomic E-state index is 13.8. The van der Waals surface area contributed by atoms with Gasteiger partial charge in [-0.25, -0.2) is 0 Å². The molecule has 0 heterocycles. The summed E-state index contributed by atoms with van der Waals surface area (Å²) in [6.45, 7) is -3.05. The van der Waals surface area contributed by atoms with Crippen LogP contribution in [-0.4, -0.2) is 106 Å². The van der Waals surface area contributed by atoms with Crippen molar-refractivity contribution in [2.45, 2.75) is 66.0 Å². The molecule has 0 aromatic carbocycles. The van der Waals surface area contributed by atoms with E-state index in [9.17, 15) is 79.4 Å². The van der Waals surface area contributed by atoms with E-state index in [1.807, 2.05) is 5.32 Å². The summed E-state index contributed by atoms with van der Waals surface area (Å²) in [5.41, 5.74) is -1.96. The molecule has 0 unspecified atom stereocenters. The number of carbonyl (C=O) groups excluding carboxylic acids is 1. The van der Waals surface area contributed by atoms with Crippen molar-refractivity contribution in [2.75, 3.05) is 31.3 Å². The number of aliphatic hydroxyl groups is 3. The van der Waals surface area contributed by atoms with Crippen molar-refractivity contribution in [3.63, 3.8) is 0 Å². The van der Waals surface area contributed by atoms with Gasteiger partial charge in [-0.15, -0.1) is 0 Å². The topological polar surface area (TPSA) is 89.8 Å². The van der Waals surface area contributed by atoms with Crippen LogP contribution in [0.25, 0.3) is 0 Å². The number of hydrogen-bond donors (Lipinski definition) is 4. The standard InChI is InChI=1S/C17H18F17NO4S/c18-10(19,2-4-40-3-1-8(39)35-9(5-36,6-37)7-38)11(20,21)12(22,23)13(24,25)14(26,27)15(28,29)16(30,31)17(32,33)34/h36-38H,1-7H2,(H,35,39). The van der Waals surface area contributed by atoms with E-state index >= 15 is 0 Å². The van der Waals surface area contributed by atoms with Crippen LogP contribution in [0.3, 0.4) is 0 Å². The van der Waals surface area contributed by atoms with Gasteiger partial charge in [-0.1, -0.05) is 0 Å². The molecule has 0 aromatic rings. The fourth-order valence-corrected chi connectivity index (χ4v) is 3.38. The number of aliphatic hydroxyl groups excluding tert-OH is 3. The van der Waals surface area contributed by atoms with Gasteiger partial charge in [0, 0.05) is 18.6 Å². The van der Waals surface area contributed by atoms with Crippen LogP contribution in [0.4, 0.5) is 74.6 Å². The van der Waals surface area contributed by atoms with Crippen LogP contribution in [0.2, 0.25) is 0 Å². The first-order valence-electron chi connectivity index (χ1n) is 9.96. The molecule has 0 aliphatic rings. The predicted molar refractivity (Wildman–Crippen MR) is 99.4 cm³/mol. The largest absolute Gasteiger partial charge is 0.460 e. The highest BCUT2D eigenvalue weighted by Gasteiger charge is 2.95. The Kier molecular flexibility index (Phi) is 11.6. The van der Waals surface area contributed by atoms with Crippen LogP contribution in [0.15, 0.2) is 0 Å². The van der Waals surface area contributed by atoms with Crippen LogP contribution < -0.4 is 5.32 Å². The Morgan fingerprint density at radius 1 is 0.550 bits per heavy atom. The lowest BCUT2D eigenvalue weighted by molar-refractivity contribution is -0.461. The minimum atomic E-state index is -8.68. The van der Waals surface area contributed by atoms with Crippen LogP contribution in [-0.2, 0) is 4.79 Å². The quantitative estimate of drug-likeness (QED) is 0.147. The Balaban J connectivity index is 5.76. The molecule has 0 fully saturated rings. The van der Waals surface area contributed by atoms with Crippen LogP contribution in [0.5, 0.6) is 0 Å². The van der Waals surface area contributed by atoms with Crippen molar-refractivity contribution >= 4 is 17.7 Å². The number of hydrogen-bond acceptors (Lipinski definition) is 5. The van der Waals surface area contributed by atoms with Gasteiger partial charge in [0.25, 0.3) is 0 Å². The summed E-state index contributed by atoms with van der Waals surface area (Å²) < 4.78 is 224. The Labute approximate surface area is 216 Å². The summed E-state index contributed by atoms with van der Waals surface area (Å²) in [7, 11) is 0. The average Bonchev–Trinajstić information content (AvgIpc) is 2.80. The van der Waals surface area contributed by atoms with Gasteiger partial charge in [-0.05, 0) is 5.75 Å². The lowest BCUT2D eigenvalue weighted by atomic mass is 9.88. The zero-order chi connectivity index (χ0) is 32.4. The maximum atomic E-state index is 13.8. The average molecular weight is 655 g/mol. The zero-order valence-corrected chi connectivity index (χ0v) is 19.8. The van der Waals surface area contributed by atoms with Gasteiger partial charge in [0.15, 0.2) is 0 Å². The minimum Gasteiger partial charge on any atom is -0.394 e. The van der Waals surface area contributed by atoms with E-state index in [-0.39, 0.29) is 11.8 Å². The normalized spacial score (nSPS) is 15.4. The van der Waals surface area contributed by atoms with E-state index in [2.05, 4.69) is 0 Å². The first-order valence-corrected chi connectivity index (χ1v) is 11.1. The van der Waals surface area contributed by atoms with Crippen molar-refractivity contribution in [1.29, 1.82) is 0 Å². The third-order valence-electron chi connectivity index (χ3n) is 5.13. The van der Waals surface area contributed by atoms with E-state index in [0.717, 1.165) is 0 Å². The van der Waals surface area contributed by atoms with E-state index in [1.54, 1.807) is 0 Å². The molecular formula is C17H18F17NO4S. The smallest absolute Gasteiger partial charge is 0.394 e. The Morgan fingerprint density at radius 3 is 1.25 bits per heavy atom. The van der Waals surface area contributed by atoms with Crippen molar-refractivity contribution in [3.05, 3.63) is 0 Å². The number of amides is 1. The van der Waals surface area contributed by atoms with E-state index in [1.165, 1.54) is 0 Å². The second kappa shape index (κ2) is 12.0. The molecule has 0 aliphatic heterocycles. The van der Waals surface area contributed by atoms with Crippen molar-refractivity contribution < 1.29 is 94.8 Å². The van der Waals surface area contributed by atoms with Gasteiger partial charge in [0.1, 0.15) is 5.54 Å². The highest BCUT2D eigenvalue weighted by atomic mass is 32.2. The van der Waals surface area contributed by atoms with Gasteiger partial charge in [0.05, 0.1) is 19.8 Å². The lowest BCUT2D eigenvalue weighted by Gasteiger charge is -2.42. The number of thioether (sulfide) groups is 1. The summed E-state index contributed by atoms with van der Waals surface area (Å²) >= 11 is 0.0210. The summed E-state index contributed by atoms with van der Waals surface area (Å²) in [5.74, 6) is -60.0. The molecule has 0 rings (SSSR count). The third-order valence-corrected chi connectivity index (χ3v) is 6.12. The van der Waals surface area contributed by atoms with Crippen molar-refractivity contribution in [3.8, 4) is 0 Å². The number of rotatable bonds is 16. The molecule has 1 amide bonds. The fourth-order valence-electron chi connectivity index (χ4n) is 2.45. The van der Waals surface area contributed by atoms with E-state index in [0.29, 0.717) is 0 Å². The zero-order valence-electron chi connectivity index (χ0n) is 19.0. The molecule has 4 N–H and O–H groups in total. The molecule has 0 saturated heterocycles. The molecule has 240 valence electrons. The van der Waals surface area contributed by atoms with Gasteiger partial charge >= 0.3 is 47.6 Å². The van der Waals surface area contributed by atoms with Crippen LogP contribution in [0.1, 0.15) is 12.8 Å². The fraction of sp³-hybridized carbons (Fsp3) is 0.941. The SMILES string of the molecule is O=C(CCSCCC(F)(F)C(F)(F)C(F)(F)C(F)(F)C(F)(F)C(F)(F)C(F)(F)C(F)(F)F)NC(CO)(CO)CO. The monoisotopic (exact) mass is 655 g/mol.